The smallest absolute Gasteiger partial charge is 0.119 e. The summed E-state index contributed by atoms with van der Waals surface area (Å²) in [6.45, 7) is 6.20. The van der Waals surface area contributed by atoms with E-state index in [4.69, 9.17) is 4.74 Å². The minimum absolute atomic E-state index is 0.347. The van der Waals surface area contributed by atoms with Gasteiger partial charge in [-0.25, -0.2) is 0 Å². The van der Waals surface area contributed by atoms with Crippen LogP contribution in [-0.4, -0.2) is 17.8 Å². The lowest BCUT2D eigenvalue weighted by Crippen LogP contribution is -2.10. The van der Waals surface area contributed by atoms with E-state index >= 15 is 0 Å². The molecule has 0 aliphatic rings. The lowest BCUT2D eigenvalue weighted by Gasteiger charge is -2.09. The molecule has 1 aromatic rings. The van der Waals surface area contributed by atoms with Crippen LogP contribution in [0.1, 0.15) is 18.4 Å². The highest BCUT2D eigenvalue weighted by atomic mass is 16.5. The van der Waals surface area contributed by atoms with Crippen molar-refractivity contribution in [2.24, 2.45) is 0 Å². The van der Waals surface area contributed by atoms with Gasteiger partial charge in [-0.2, -0.15) is 0 Å². The largest absolute Gasteiger partial charge is 0.493 e. The van der Waals surface area contributed by atoms with Gasteiger partial charge in [0, 0.05) is 6.42 Å². The third-order valence-electron chi connectivity index (χ3n) is 2.07. The molecule has 0 aromatic heterocycles. The summed E-state index contributed by atoms with van der Waals surface area (Å²) in [7, 11) is 0. The molecule has 0 aliphatic heterocycles. The molecule has 77 valence electrons. The number of hydrogen-bond acceptors (Lipinski definition) is 2. The van der Waals surface area contributed by atoms with Crippen LogP contribution in [0.2, 0.25) is 0 Å². The van der Waals surface area contributed by atoms with Crippen molar-refractivity contribution in [1.82, 2.24) is 0 Å². The summed E-state index contributed by atoms with van der Waals surface area (Å²) in [5.41, 5.74) is 1.22. The molecule has 0 saturated heterocycles. The van der Waals surface area contributed by atoms with Gasteiger partial charge in [-0.05, 0) is 25.5 Å². The molecule has 0 heterocycles. The van der Waals surface area contributed by atoms with E-state index in [2.05, 4.69) is 6.92 Å². The Bertz CT molecular complexity index is 254. The number of aliphatic hydroxyl groups is 1. The molecule has 0 saturated carbocycles. The molecule has 1 aromatic carbocycles. The van der Waals surface area contributed by atoms with Crippen LogP contribution in [0.3, 0.4) is 0 Å². The summed E-state index contributed by atoms with van der Waals surface area (Å²) < 4.78 is 5.45. The van der Waals surface area contributed by atoms with E-state index in [0.717, 1.165) is 5.75 Å². The van der Waals surface area contributed by atoms with Gasteiger partial charge in [0.05, 0.1) is 12.7 Å². The predicted molar refractivity (Wildman–Crippen MR) is 57.3 cm³/mol. The van der Waals surface area contributed by atoms with Crippen molar-refractivity contribution in [1.29, 1.82) is 0 Å². The highest BCUT2D eigenvalue weighted by Gasteiger charge is 2.00. The molecule has 14 heavy (non-hydrogen) atoms. The third-order valence-corrected chi connectivity index (χ3v) is 2.07. The molecule has 2 heteroatoms. The quantitative estimate of drug-likeness (QED) is 0.777. The Hall–Kier alpha value is -1.02. The number of aliphatic hydroxyl groups excluding tert-OH is 1. The zero-order valence-corrected chi connectivity index (χ0v) is 8.57. The Morgan fingerprint density at radius 2 is 2.00 bits per heavy atom. The minimum atomic E-state index is -0.347. The number of hydrogen-bond donors (Lipinski definition) is 1. The average Bonchev–Trinajstić information content (AvgIpc) is 2.21. The molecular formula is C12H17O2. The second kappa shape index (κ2) is 5.66. The summed E-state index contributed by atoms with van der Waals surface area (Å²) >= 11 is 0. The molecule has 0 spiro atoms. The van der Waals surface area contributed by atoms with Gasteiger partial charge in [0.1, 0.15) is 5.75 Å². The normalized spacial score (nSPS) is 12.5. The van der Waals surface area contributed by atoms with Crippen LogP contribution in [0.15, 0.2) is 24.3 Å². The highest BCUT2D eigenvalue weighted by molar-refractivity contribution is 5.26. The maximum Gasteiger partial charge on any atom is 0.119 e. The van der Waals surface area contributed by atoms with Crippen molar-refractivity contribution >= 4 is 0 Å². The van der Waals surface area contributed by atoms with Gasteiger partial charge in [-0.1, -0.05) is 24.6 Å². The summed E-state index contributed by atoms with van der Waals surface area (Å²) in [6, 6.07) is 7.89. The summed E-state index contributed by atoms with van der Waals surface area (Å²) in [6.07, 6.45) is 0.828. The van der Waals surface area contributed by atoms with E-state index in [9.17, 15) is 5.11 Å². The van der Waals surface area contributed by atoms with Gasteiger partial charge >= 0.3 is 0 Å². The molecule has 1 N–H and O–H groups in total. The standard InChI is InChI=1S/C12H17O2/c1-3-11(13)8-9-14-12-6-4-10(2)5-7-12/h4-7,11,13H,1,3,8-9H2,2H3/t11-/m1/s1. The van der Waals surface area contributed by atoms with Crippen LogP contribution in [-0.2, 0) is 0 Å². The van der Waals surface area contributed by atoms with Crippen LogP contribution in [0, 0.1) is 13.8 Å². The number of aryl methyl sites for hydroxylation is 1. The fraction of sp³-hybridized carbons (Fsp3) is 0.417. The molecule has 0 bridgehead atoms. The van der Waals surface area contributed by atoms with E-state index in [1.165, 1.54) is 5.56 Å². The van der Waals surface area contributed by atoms with Gasteiger partial charge in [0.25, 0.3) is 0 Å². The number of ether oxygens (including phenoxy) is 1. The SMILES string of the molecule is [CH2]C[C@@H](O)CCOc1ccc(C)cc1. The van der Waals surface area contributed by atoms with Crippen molar-refractivity contribution in [2.75, 3.05) is 6.61 Å². The lowest BCUT2D eigenvalue weighted by atomic mass is 10.2. The highest BCUT2D eigenvalue weighted by Crippen LogP contribution is 2.11. The molecule has 0 fully saturated rings. The zero-order valence-electron chi connectivity index (χ0n) is 8.57. The zero-order chi connectivity index (χ0) is 10.4. The first-order chi connectivity index (χ1) is 6.72. The van der Waals surface area contributed by atoms with Gasteiger partial charge in [-0.3, -0.25) is 0 Å². The Labute approximate surface area is 85.5 Å². The maximum absolute atomic E-state index is 9.24. The fourth-order valence-corrected chi connectivity index (χ4v) is 1.09. The monoisotopic (exact) mass is 193 g/mol. The van der Waals surface area contributed by atoms with E-state index in [1.807, 2.05) is 31.2 Å². The predicted octanol–water partition coefficient (Wildman–Crippen LogP) is 2.35. The van der Waals surface area contributed by atoms with Crippen LogP contribution in [0.4, 0.5) is 0 Å². The van der Waals surface area contributed by atoms with Crippen molar-refractivity contribution < 1.29 is 9.84 Å². The van der Waals surface area contributed by atoms with Crippen molar-refractivity contribution in [3.63, 3.8) is 0 Å². The van der Waals surface area contributed by atoms with Gasteiger partial charge in [0.2, 0.25) is 0 Å². The molecule has 0 unspecified atom stereocenters. The Morgan fingerprint density at radius 1 is 1.36 bits per heavy atom. The Kier molecular flexibility index (Phi) is 4.47. The molecule has 1 radical (unpaired) electrons. The summed E-state index contributed by atoms with van der Waals surface area (Å²) in [4.78, 5) is 0. The van der Waals surface area contributed by atoms with Crippen molar-refractivity contribution in [2.45, 2.75) is 25.9 Å². The van der Waals surface area contributed by atoms with Crippen LogP contribution in [0.5, 0.6) is 5.75 Å². The first-order valence-corrected chi connectivity index (χ1v) is 4.89. The molecule has 1 atom stereocenters. The van der Waals surface area contributed by atoms with Crippen molar-refractivity contribution in [3.05, 3.63) is 36.8 Å². The Balaban J connectivity index is 2.28. The minimum Gasteiger partial charge on any atom is -0.493 e. The van der Waals surface area contributed by atoms with Gasteiger partial charge < -0.3 is 9.84 Å². The first-order valence-electron chi connectivity index (χ1n) is 4.89. The van der Waals surface area contributed by atoms with E-state index < -0.39 is 0 Å². The Morgan fingerprint density at radius 3 is 2.57 bits per heavy atom. The van der Waals surface area contributed by atoms with Crippen LogP contribution in [0.25, 0.3) is 0 Å². The summed E-state index contributed by atoms with van der Waals surface area (Å²) in [5.74, 6) is 0.854. The topological polar surface area (TPSA) is 29.5 Å². The number of rotatable bonds is 5. The third kappa shape index (κ3) is 3.79. The first kappa shape index (κ1) is 11.1. The second-order valence-corrected chi connectivity index (χ2v) is 3.39. The molecular weight excluding hydrogens is 176 g/mol. The average molecular weight is 193 g/mol. The van der Waals surface area contributed by atoms with Crippen LogP contribution >= 0.6 is 0 Å². The van der Waals surface area contributed by atoms with Crippen LogP contribution < -0.4 is 4.74 Å². The maximum atomic E-state index is 9.24. The second-order valence-electron chi connectivity index (χ2n) is 3.39. The fourth-order valence-electron chi connectivity index (χ4n) is 1.09. The molecule has 1 rings (SSSR count). The molecule has 2 nitrogen and oxygen atoms in total. The van der Waals surface area contributed by atoms with Gasteiger partial charge in [-0.15, -0.1) is 0 Å². The summed E-state index contributed by atoms with van der Waals surface area (Å²) in [5, 5.41) is 9.24. The van der Waals surface area contributed by atoms with E-state index in [0.29, 0.717) is 19.4 Å². The lowest BCUT2D eigenvalue weighted by molar-refractivity contribution is 0.141. The number of benzene rings is 1. The van der Waals surface area contributed by atoms with Gasteiger partial charge in [0.15, 0.2) is 0 Å². The van der Waals surface area contributed by atoms with Crippen molar-refractivity contribution in [3.8, 4) is 5.75 Å². The van der Waals surface area contributed by atoms with E-state index in [-0.39, 0.29) is 6.10 Å². The molecule has 0 amide bonds. The molecule has 0 aliphatic carbocycles. The van der Waals surface area contributed by atoms with E-state index in [1.54, 1.807) is 0 Å².